The van der Waals surface area contributed by atoms with Gasteiger partial charge in [0.1, 0.15) is 0 Å². The number of aliphatic carboxylic acids is 1. The lowest BCUT2D eigenvalue weighted by Gasteiger charge is -2.00. The van der Waals surface area contributed by atoms with Crippen molar-refractivity contribution in [2.45, 2.75) is 6.54 Å². The largest absolute Gasteiger partial charge is 0.480 e. The number of hydrogen-bond acceptors (Lipinski definition) is 4. The Morgan fingerprint density at radius 2 is 2.50 bits per heavy atom. The molecular formula is C8H13N3O3. The predicted molar refractivity (Wildman–Crippen MR) is 49.1 cm³/mol. The number of rotatable bonds is 5. The molecule has 78 valence electrons. The van der Waals surface area contributed by atoms with E-state index in [1.807, 2.05) is 0 Å². The van der Waals surface area contributed by atoms with Gasteiger partial charge < -0.3 is 15.2 Å². The van der Waals surface area contributed by atoms with Crippen LogP contribution >= 0.6 is 0 Å². The van der Waals surface area contributed by atoms with Crippen molar-refractivity contribution in [3.63, 3.8) is 0 Å². The number of hydrogen-bond donors (Lipinski definition) is 2. The molecule has 0 aliphatic heterocycles. The molecule has 0 saturated carbocycles. The number of carboxylic acid groups (broad SMARTS) is 1. The lowest BCUT2D eigenvalue weighted by molar-refractivity contribution is -0.135. The average molecular weight is 199 g/mol. The number of aryl methyl sites for hydroxylation is 1. The first-order chi connectivity index (χ1) is 6.63. The van der Waals surface area contributed by atoms with Crippen molar-refractivity contribution in [1.82, 2.24) is 15.1 Å². The van der Waals surface area contributed by atoms with Gasteiger partial charge in [-0.2, -0.15) is 0 Å². The fourth-order valence-electron chi connectivity index (χ4n) is 1.11. The van der Waals surface area contributed by atoms with Crippen LogP contribution in [0.4, 0.5) is 0 Å². The van der Waals surface area contributed by atoms with Crippen molar-refractivity contribution in [1.29, 1.82) is 0 Å². The van der Waals surface area contributed by atoms with Gasteiger partial charge in [0, 0.05) is 25.4 Å². The van der Waals surface area contributed by atoms with E-state index in [-0.39, 0.29) is 6.54 Å². The standard InChI is InChI=1S/C8H13N3O3/c1-11-5-6(8(10-11)14-2)3-9-4-7(12)13/h5,9H,3-4H2,1-2H3,(H,12,13). The minimum absolute atomic E-state index is 0.0714. The van der Waals surface area contributed by atoms with Crippen LogP contribution in [0.2, 0.25) is 0 Å². The minimum Gasteiger partial charge on any atom is -0.480 e. The number of aromatic nitrogens is 2. The van der Waals surface area contributed by atoms with Crippen LogP contribution in [0.3, 0.4) is 0 Å². The average Bonchev–Trinajstić information content (AvgIpc) is 2.45. The van der Waals surface area contributed by atoms with Gasteiger partial charge in [0.15, 0.2) is 0 Å². The second-order valence-electron chi connectivity index (χ2n) is 2.83. The molecule has 0 aliphatic carbocycles. The third kappa shape index (κ3) is 2.74. The molecule has 1 heterocycles. The number of methoxy groups -OCH3 is 1. The topological polar surface area (TPSA) is 76.4 Å². The summed E-state index contributed by atoms with van der Waals surface area (Å²) in [7, 11) is 3.31. The maximum atomic E-state index is 10.2. The van der Waals surface area contributed by atoms with Gasteiger partial charge in [0.05, 0.1) is 13.7 Å². The first-order valence-corrected chi connectivity index (χ1v) is 4.12. The SMILES string of the molecule is COc1nn(C)cc1CNCC(=O)O. The van der Waals surface area contributed by atoms with Crippen LogP contribution in [0.15, 0.2) is 6.20 Å². The molecule has 0 saturated heterocycles. The Kier molecular flexibility index (Phi) is 3.47. The molecule has 0 aliphatic rings. The predicted octanol–water partition coefficient (Wildman–Crippen LogP) is -0.397. The molecule has 14 heavy (non-hydrogen) atoms. The van der Waals surface area contributed by atoms with Gasteiger partial charge >= 0.3 is 5.97 Å². The van der Waals surface area contributed by atoms with Crippen molar-refractivity contribution < 1.29 is 14.6 Å². The van der Waals surface area contributed by atoms with Crippen LogP contribution < -0.4 is 10.1 Å². The van der Waals surface area contributed by atoms with E-state index in [0.717, 1.165) is 5.56 Å². The number of carboxylic acids is 1. The highest BCUT2D eigenvalue weighted by Gasteiger charge is 2.07. The molecule has 6 heteroatoms. The zero-order valence-corrected chi connectivity index (χ0v) is 8.15. The Bertz CT molecular complexity index is 322. The molecule has 0 amide bonds. The third-order valence-electron chi connectivity index (χ3n) is 1.65. The normalized spacial score (nSPS) is 10.1. The van der Waals surface area contributed by atoms with Crippen molar-refractivity contribution in [2.75, 3.05) is 13.7 Å². The summed E-state index contributed by atoms with van der Waals surface area (Å²) in [4.78, 5) is 10.2. The molecule has 0 aromatic carbocycles. The maximum absolute atomic E-state index is 10.2. The molecule has 1 rings (SSSR count). The van der Waals surface area contributed by atoms with E-state index in [2.05, 4.69) is 10.4 Å². The summed E-state index contributed by atoms with van der Waals surface area (Å²) in [6, 6.07) is 0. The van der Waals surface area contributed by atoms with E-state index in [0.29, 0.717) is 12.4 Å². The molecule has 2 N–H and O–H groups in total. The highest BCUT2D eigenvalue weighted by atomic mass is 16.5. The van der Waals surface area contributed by atoms with E-state index in [4.69, 9.17) is 9.84 Å². The van der Waals surface area contributed by atoms with Gasteiger partial charge in [-0.1, -0.05) is 0 Å². The fourth-order valence-corrected chi connectivity index (χ4v) is 1.11. The van der Waals surface area contributed by atoms with Crippen LogP contribution in [0.25, 0.3) is 0 Å². The van der Waals surface area contributed by atoms with E-state index >= 15 is 0 Å². The van der Waals surface area contributed by atoms with Gasteiger partial charge in [-0.25, -0.2) is 0 Å². The van der Waals surface area contributed by atoms with E-state index in [1.165, 1.54) is 7.11 Å². The van der Waals surface area contributed by atoms with Crippen LogP contribution in [0.5, 0.6) is 5.88 Å². The quantitative estimate of drug-likeness (QED) is 0.675. The number of nitrogens with one attached hydrogen (secondary N) is 1. The molecular weight excluding hydrogens is 186 g/mol. The van der Waals surface area contributed by atoms with Crippen molar-refractivity contribution in [2.24, 2.45) is 7.05 Å². The number of nitrogens with zero attached hydrogens (tertiary/aromatic N) is 2. The molecule has 1 aromatic rings. The Balaban J connectivity index is 2.52. The van der Waals surface area contributed by atoms with Gasteiger partial charge in [0.25, 0.3) is 0 Å². The molecule has 0 atom stereocenters. The lowest BCUT2D eigenvalue weighted by atomic mass is 10.3. The second-order valence-corrected chi connectivity index (χ2v) is 2.83. The van der Waals surface area contributed by atoms with E-state index < -0.39 is 5.97 Å². The zero-order valence-electron chi connectivity index (χ0n) is 8.15. The maximum Gasteiger partial charge on any atom is 0.317 e. The molecule has 6 nitrogen and oxygen atoms in total. The summed E-state index contributed by atoms with van der Waals surface area (Å²) < 4.78 is 6.63. The van der Waals surface area contributed by atoms with Crippen molar-refractivity contribution >= 4 is 5.97 Å². The Hall–Kier alpha value is -1.56. The summed E-state index contributed by atoms with van der Waals surface area (Å²) >= 11 is 0. The third-order valence-corrected chi connectivity index (χ3v) is 1.65. The number of carbonyl (C=O) groups is 1. The Morgan fingerprint density at radius 1 is 1.79 bits per heavy atom. The smallest absolute Gasteiger partial charge is 0.317 e. The van der Waals surface area contributed by atoms with Gasteiger partial charge in [0.2, 0.25) is 5.88 Å². The molecule has 0 unspecified atom stereocenters. The summed E-state index contributed by atoms with van der Waals surface area (Å²) in [6.45, 7) is 0.362. The van der Waals surface area contributed by atoms with E-state index in [9.17, 15) is 4.79 Å². The van der Waals surface area contributed by atoms with Crippen LogP contribution in [0, 0.1) is 0 Å². The second kappa shape index (κ2) is 4.61. The molecule has 0 radical (unpaired) electrons. The minimum atomic E-state index is -0.882. The van der Waals surface area contributed by atoms with Crippen LogP contribution in [0.1, 0.15) is 5.56 Å². The summed E-state index contributed by atoms with van der Waals surface area (Å²) in [5, 5.41) is 15.2. The van der Waals surface area contributed by atoms with Gasteiger partial charge in [-0.15, -0.1) is 5.10 Å². The molecule has 0 fully saturated rings. The fraction of sp³-hybridized carbons (Fsp3) is 0.500. The molecule has 1 aromatic heterocycles. The highest BCUT2D eigenvalue weighted by molar-refractivity contribution is 5.69. The first kappa shape index (κ1) is 10.5. The number of ether oxygens (including phenoxy) is 1. The Labute approximate surface area is 81.5 Å². The van der Waals surface area contributed by atoms with Crippen LogP contribution in [-0.2, 0) is 18.4 Å². The van der Waals surface area contributed by atoms with Crippen LogP contribution in [-0.4, -0.2) is 34.5 Å². The van der Waals surface area contributed by atoms with Gasteiger partial charge in [-0.3, -0.25) is 9.48 Å². The summed E-state index contributed by atoms with van der Waals surface area (Å²) in [5.41, 5.74) is 0.844. The summed E-state index contributed by atoms with van der Waals surface area (Å²) in [6.07, 6.45) is 1.79. The monoisotopic (exact) mass is 199 g/mol. The van der Waals surface area contributed by atoms with Gasteiger partial charge in [-0.05, 0) is 0 Å². The molecule has 0 bridgehead atoms. The zero-order chi connectivity index (χ0) is 10.6. The van der Waals surface area contributed by atoms with E-state index in [1.54, 1.807) is 17.9 Å². The highest BCUT2D eigenvalue weighted by Crippen LogP contribution is 2.13. The summed E-state index contributed by atoms with van der Waals surface area (Å²) in [5.74, 6) is -0.363. The Morgan fingerprint density at radius 3 is 3.07 bits per heavy atom. The van der Waals surface area contributed by atoms with Crippen molar-refractivity contribution in [3.8, 4) is 5.88 Å². The molecule has 0 spiro atoms. The first-order valence-electron chi connectivity index (χ1n) is 4.12. The van der Waals surface area contributed by atoms with Crippen molar-refractivity contribution in [3.05, 3.63) is 11.8 Å². The lowest BCUT2D eigenvalue weighted by Crippen LogP contribution is -2.21.